The minimum Gasteiger partial charge on any atom is -0.0736 e. The molecule has 0 aromatic heterocycles. The highest BCUT2D eigenvalue weighted by Gasteiger charge is 1.79. The van der Waals surface area contributed by atoms with Crippen LogP contribution >= 0.6 is 15.9 Å². The molecule has 0 atom stereocenters. The highest BCUT2D eigenvalue weighted by Crippen LogP contribution is 2.01. The Bertz CT molecular complexity index is 185. The van der Waals surface area contributed by atoms with Gasteiger partial charge in [-0.2, -0.15) is 0 Å². The van der Waals surface area contributed by atoms with Crippen LogP contribution in [0.1, 0.15) is 27.2 Å². The van der Waals surface area contributed by atoms with Crippen molar-refractivity contribution in [1.29, 1.82) is 0 Å². The summed E-state index contributed by atoms with van der Waals surface area (Å²) < 4.78 is 0. The van der Waals surface area contributed by atoms with Crippen LogP contribution in [0.15, 0.2) is 34.4 Å². The molecule has 0 bridgehead atoms. The van der Waals surface area contributed by atoms with E-state index in [2.05, 4.69) is 54.9 Å². The molecule has 0 aliphatic heterocycles. The molecule has 0 amide bonds. The molecule has 11 heavy (non-hydrogen) atoms. The molecular formula is C10H15Br. The zero-order valence-corrected chi connectivity index (χ0v) is 8.98. The molecule has 0 saturated heterocycles. The SMILES string of the molecule is CCC(C)=CC=CC(C)=CBr. The summed E-state index contributed by atoms with van der Waals surface area (Å²) in [7, 11) is 0. The molecule has 0 fully saturated rings. The number of hydrogen-bond donors (Lipinski definition) is 0. The molecule has 0 saturated carbocycles. The molecule has 0 spiro atoms. The second-order valence-corrected chi connectivity index (χ2v) is 3.04. The molecule has 0 unspecified atom stereocenters. The summed E-state index contributed by atoms with van der Waals surface area (Å²) in [5.41, 5.74) is 2.63. The first kappa shape index (κ1) is 10.7. The third kappa shape index (κ3) is 6.11. The van der Waals surface area contributed by atoms with E-state index in [0.29, 0.717) is 0 Å². The van der Waals surface area contributed by atoms with Crippen LogP contribution in [0.4, 0.5) is 0 Å². The van der Waals surface area contributed by atoms with E-state index < -0.39 is 0 Å². The standard InChI is InChI=1S/C10H15Br/c1-4-9(2)6-5-7-10(3)8-11/h5-8H,4H2,1-3H3. The Morgan fingerprint density at radius 2 is 2.00 bits per heavy atom. The van der Waals surface area contributed by atoms with Gasteiger partial charge in [-0.05, 0) is 30.8 Å². The van der Waals surface area contributed by atoms with Crippen LogP contribution in [0.5, 0.6) is 0 Å². The van der Waals surface area contributed by atoms with E-state index >= 15 is 0 Å². The van der Waals surface area contributed by atoms with Crippen molar-refractivity contribution in [1.82, 2.24) is 0 Å². The lowest BCUT2D eigenvalue weighted by Gasteiger charge is -1.89. The summed E-state index contributed by atoms with van der Waals surface area (Å²) >= 11 is 3.27. The van der Waals surface area contributed by atoms with E-state index in [1.165, 1.54) is 11.1 Å². The van der Waals surface area contributed by atoms with Gasteiger partial charge in [-0.15, -0.1) is 0 Å². The zero-order valence-electron chi connectivity index (χ0n) is 7.39. The summed E-state index contributed by atoms with van der Waals surface area (Å²) in [6.07, 6.45) is 7.42. The predicted molar refractivity (Wildman–Crippen MR) is 55.9 cm³/mol. The number of rotatable bonds is 3. The summed E-state index contributed by atoms with van der Waals surface area (Å²) in [6, 6.07) is 0. The van der Waals surface area contributed by atoms with Gasteiger partial charge in [0, 0.05) is 0 Å². The fraction of sp³-hybridized carbons (Fsp3) is 0.400. The maximum absolute atomic E-state index is 3.27. The van der Waals surface area contributed by atoms with Crippen LogP contribution in [-0.4, -0.2) is 0 Å². The first-order valence-corrected chi connectivity index (χ1v) is 4.73. The van der Waals surface area contributed by atoms with Crippen molar-refractivity contribution >= 4 is 15.9 Å². The van der Waals surface area contributed by atoms with Gasteiger partial charge in [-0.3, -0.25) is 0 Å². The summed E-state index contributed by atoms with van der Waals surface area (Å²) in [5.74, 6) is 0. The topological polar surface area (TPSA) is 0 Å². The highest BCUT2D eigenvalue weighted by atomic mass is 79.9. The Hall–Kier alpha value is -0.300. The maximum atomic E-state index is 3.27. The Morgan fingerprint density at radius 1 is 1.36 bits per heavy atom. The third-order valence-corrected chi connectivity index (χ3v) is 2.19. The average Bonchev–Trinajstić information content (AvgIpc) is 2.04. The summed E-state index contributed by atoms with van der Waals surface area (Å²) in [6.45, 7) is 6.35. The first-order chi connectivity index (χ1) is 5.20. The van der Waals surface area contributed by atoms with E-state index in [-0.39, 0.29) is 0 Å². The molecule has 62 valence electrons. The van der Waals surface area contributed by atoms with Crippen molar-refractivity contribution in [3.8, 4) is 0 Å². The van der Waals surface area contributed by atoms with Crippen LogP contribution in [-0.2, 0) is 0 Å². The lowest BCUT2D eigenvalue weighted by Crippen LogP contribution is -1.68. The van der Waals surface area contributed by atoms with Gasteiger partial charge in [-0.1, -0.05) is 46.7 Å². The molecular weight excluding hydrogens is 200 g/mol. The second kappa shape index (κ2) is 6.41. The number of allylic oxidation sites excluding steroid dienone is 5. The normalized spacial score (nSPS) is 14.5. The van der Waals surface area contributed by atoms with Crippen LogP contribution in [0.3, 0.4) is 0 Å². The molecule has 1 heteroatoms. The molecule has 0 radical (unpaired) electrons. The van der Waals surface area contributed by atoms with Gasteiger partial charge in [0.15, 0.2) is 0 Å². The van der Waals surface area contributed by atoms with Crippen molar-refractivity contribution in [2.24, 2.45) is 0 Å². The Labute approximate surface area is 77.8 Å². The van der Waals surface area contributed by atoms with Gasteiger partial charge in [0.1, 0.15) is 0 Å². The predicted octanol–water partition coefficient (Wildman–Crippen LogP) is 4.20. The van der Waals surface area contributed by atoms with Crippen LogP contribution in [0.25, 0.3) is 0 Å². The quantitative estimate of drug-likeness (QED) is 0.619. The fourth-order valence-electron chi connectivity index (χ4n) is 0.518. The van der Waals surface area contributed by atoms with E-state index in [9.17, 15) is 0 Å². The second-order valence-electron chi connectivity index (χ2n) is 2.58. The lowest BCUT2D eigenvalue weighted by atomic mass is 10.2. The van der Waals surface area contributed by atoms with Crippen LogP contribution in [0, 0.1) is 0 Å². The van der Waals surface area contributed by atoms with Crippen molar-refractivity contribution in [2.45, 2.75) is 27.2 Å². The molecule has 0 aromatic carbocycles. The molecule has 0 rings (SSSR count). The number of halogens is 1. The summed E-state index contributed by atoms with van der Waals surface area (Å²) in [4.78, 5) is 1.92. The average molecular weight is 215 g/mol. The molecule has 0 nitrogen and oxygen atoms in total. The van der Waals surface area contributed by atoms with Crippen LogP contribution < -0.4 is 0 Å². The number of hydrogen-bond acceptors (Lipinski definition) is 0. The Kier molecular flexibility index (Phi) is 6.24. The summed E-state index contributed by atoms with van der Waals surface area (Å²) in [5, 5.41) is 0. The zero-order chi connectivity index (χ0) is 8.69. The Morgan fingerprint density at radius 3 is 2.45 bits per heavy atom. The minimum atomic E-state index is 1.13. The first-order valence-electron chi connectivity index (χ1n) is 3.81. The van der Waals surface area contributed by atoms with Gasteiger partial charge >= 0.3 is 0 Å². The van der Waals surface area contributed by atoms with Gasteiger partial charge in [0.05, 0.1) is 0 Å². The van der Waals surface area contributed by atoms with E-state index in [1.807, 2.05) is 4.99 Å². The monoisotopic (exact) mass is 214 g/mol. The van der Waals surface area contributed by atoms with E-state index in [4.69, 9.17) is 0 Å². The van der Waals surface area contributed by atoms with Crippen molar-refractivity contribution in [2.75, 3.05) is 0 Å². The highest BCUT2D eigenvalue weighted by molar-refractivity contribution is 9.11. The van der Waals surface area contributed by atoms with E-state index in [0.717, 1.165) is 6.42 Å². The van der Waals surface area contributed by atoms with Gasteiger partial charge < -0.3 is 0 Å². The lowest BCUT2D eigenvalue weighted by molar-refractivity contribution is 1.10. The van der Waals surface area contributed by atoms with Gasteiger partial charge in [-0.25, -0.2) is 0 Å². The van der Waals surface area contributed by atoms with Crippen molar-refractivity contribution < 1.29 is 0 Å². The maximum Gasteiger partial charge on any atom is -0.0160 e. The van der Waals surface area contributed by atoms with Gasteiger partial charge in [0.25, 0.3) is 0 Å². The minimum absolute atomic E-state index is 1.13. The molecule has 0 heterocycles. The largest absolute Gasteiger partial charge is 0.0736 e. The molecule has 0 aliphatic rings. The molecule has 0 aromatic rings. The smallest absolute Gasteiger partial charge is 0.0160 e. The fourth-order valence-corrected chi connectivity index (χ4v) is 0.671. The van der Waals surface area contributed by atoms with Crippen molar-refractivity contribution in [3.05, 3.63) is 34.4 Å². The van der Waals surface area contributed by atoms with Crippen LogP contribution in [0.2, 0.25) is 0 Å². The third-order valence-electron chi connectivity index (χ3n) is 1.47. The molecule has 0 N–H and O–H groups in total. The van der Waals surface area contributed by atoms with E-state index in [1.54, 1.807) is 0 Å². The molecule has 0 aliphatic carbocycles. The van der Waals surface area contributed by atoms with Crippen molar-refractivity contribution in [3.63, 3.8) is 0 Å². The Balaban J connectivity index is 3.96. The van der Waals surface area contributed by atoms with Gasteiger partial charge in [0.2, 0.25) is 0 Å².